The van der Waals surface area contributed by atoms with Crippen molar-refractivity contribution < 1.29 is 23.9 Å². The second-order valence-corrected chi connectivity index (χ2v) is 11.5. The number of aryl methyl sites for hydroxylation is 2. The number of carbonyl (C=O) groups is 1. The van der Waals surface area contributed by atoms with E-state index in [-0.39, 0.29) is 12.0 Å². The summed E-state index contributed by atoms with van der Waals surface area (Å²) in [6.45, 7) is 3.46. The highest BCUT2D eigenvalue weighted by atomic mass is 16.6. The first-order valence-corrected chi connectivity index (χ1v) is 14.0. The smallest absolute Gasteiger partial charge is 0.343 e. The third-order valence-electron chi connectivity index (χ3n) is 8.81. The van der Waals surface area contributed by atoms with Crippen LogP contribution in [0.2, 0.25) is 0 Å². The number of likely N-dealkylation sites (N-methyl/N-ethyl adjacent to an activating group) is 1. The van der Waals surface area contributed by atoms with Crippen LogP contribution in [0.15, 0.2) is 48.5 Å². The molecule has 0 radical (unpaired) electrons. The van der Waals surface area contributed by atoms with Crippen molar-refractivity contribution in [2.75, 3.05) is 33.3 Å². The maximum atomic E-state index is 13.4. The molecule has 1 aliphatic heterocycles. The highest BCUT2D eigenvalue weighted by Gasteiger charge is 2.49. The lowest BCUT2D eigenvalue weighted by molar-refractivity contribution is -0.899. The van der Waals surface area contributed by atoms with Gasteiger partial charge in [0.1, 0.15) is 12.3 Å². The van der Waals surface area contributed by atoms with Gasteiger partial charge in [-0.2, -0.15) is 0 Å². The Kier molecular flexibility index (Phi) is 7.68. The summed E-state index contributed by atoms with van der Waals surface area (Å²) in [6.07, 6.45) is 10.4. The minimum Gasteiger partial charge on any atom is -0.493 e. The topological polar surface area (TPSA) is 55.8 Å². The Hall–Kier alpha value is -2.37. The van der Waals surface area contributed by atoms with Gasteiger partial charge in [-0.3, -0.25) is 0 Å². The molecule has 1 saturated heterocycles. The molecule has 2 aromatic carbocycles. The number of hydrogen-bond donors (Lipinski definition) is 1. The van der Waals surface area contributed by atoms with Crippen molar-refractivity contribution in [3.8, 4) is 5.75 Å². The summed E-state index contributed by atoms with van der Waals surface area (Å²) in [7, 11) is 2.24. The molecule has 1 N–H and O–H groups in total. The van der Waals surface area contributed by atoms with Crippen LogP contribution in [0.3, 0.4) is 0 Å². The monoisotopic (exact) mass is 492 g/mol. The number of rotatable bonds is 9. The van der Waals surface area contributed by atoms with Crippen LogP contribution >= 0.6 is 0 Å². The molecule has 36 heavy (non-hydrogen) atoms. The van der Waals surface area contributed by atoms with Crippen LogP contribution in [0.4, 0.5) is 0 Å². The Morgan fingerprint density at radius 2 is 1.75 bits per heavy atom. The summed E-state index contributed by atoms with van der Waals surface area (Å²) in [5.74, 6) is 0.448. The Morgan fingerprint density at radius 3 is 2.53 bits per heavy atom. The Labute approximate surface area is 216 Å². The van der Waals surface area contributed by atoms with E-state index in [1.807, 2.05) is 30.3 Å². The summed E-state index contributed by atoms with van der Waals surface area (Å²) in [5.41, 5.74) is 2.05. The van der Waals surface area contributed by atoms with Gasteiger partial charge >= 0.3 is 5.97 Å². The quantitative estimate of drug-likeness (QED) is 0.298. The van der Waals surface area contributed by atoms with E-state index in [2.05, 4.69) is 25.2 Å². The van der Waals surface area contributed by atoms with Gasteiger partial charge in [-0.25, -0.2) is 4.79 Å². The molecule has 3 atom stereocenters. The number of ether oxygens (including phenoxy) is 2. The van der Waals surface area contributed by atoms with Crippen molar-refractivity contribution in [2.24, 2.45) is 5.92 Å². The van der Waals surface area contributed by atoms with Crippen molar-refractivity contribution in [3.63, 3.8) is 0 Å². The molecule has 194 valence electrons. The number of hydrogen-bond acceptors (Lipinski definition) is 4. The molecule has 0 amide bonds. The first kappa shape index (κ1) is 25.3. The molecule has 1 heterocycles. The molecule has 2 fully saturated rings. The van der Waals surface area contributed by atoms with E-state index < -0.39 is 11.6 Å². The normalized spacial score (nSPS) is 25.8. The van der Waals surface area contributed by atoms with Gasteiger partial charge in [0.25, 0.3) is 0 Å². The van der Waals surface area contributed by atoms with E-state index in [9.17, 15) is 9.90 Å². The molecule has 5 rings (SSSR count). The number of aliphatic hydroxyl groups is 1. The molecular weight excluding hydrogens is 450 g/mol. The average Bonchev–Trinajstić information content (AvgIpc) is 3.57. The Morgan fingerprint density at radius 1 is 1.00 bits per heavy atom. The number of likely N-dealkylation sites (tertiary alicyclic amines) is 1. The van der Waals surface area contributed by atoms with Crippen molar-refractivity contribution in [1.82, 2.24) is 0 Å². The minimum atomic E-state index is -1.55. The number of carbonyl (C=O) groups excluding carboxylic acids is 1. The fraction of sp³-hybridized carbons (Fsp3) is 0.581. The first-order valence-electron chi connectivity index (χ1n) is 14.0. The number of fused-ring (bicyclic) bond motifs is 1. The third kappa shape index (κ3) is 5.47. The second-order valence-electron chi connectivity index (χ2n) is 11.5. The predicted octanol–water partition coefficient (Wildman–Crippen LogP) is 5.17. The molecule has 2 aliphatic carbocycles. The van der Waals surface area contributed by atoms with E-state index >= 15 is 0 Å². The SMILES string of the molecule is C[N@@+]1(CCCOc2ccc3c(c2)CCCC3)CCC(OC(=O)[C@](O)(c2ccccc2)C2CCCC2)C1. The van der Waals surface area contributed by atoms with Gasteiger partial charge in [0.05, 0.1) is 26.7 Å². The molecule has 0 aromatic heterocycles. The summed E-state index contributed by atoms with van der Waals surface area (Å²) >= 11 is 0. The molecule has 0 bridgehead atoms. The van der Waals surface area contributed by atoms with Gasteiger partial charge in [-0.15, -0.1) is 0 Å². The maximum absolute atomic E-state index is 13.4. The summed E-state index contributed by atoms with van der Waals surface area (Å²) in [6, 6.07) is 16.0. The molecule has 0 spiro atoms. The fourth-order valence-electron chi connectivity index (χ4n) is 6.66. The lowest BCUT2D eigenvalue weighted by Gasteiger charge is -2.33. The van der Waals surface area contributed by atoms with E-state index in [1.54, 1.807) is 0 Å². The van der Waals surface area contributed by atoms with Crippen LogP contribution in [-0.4, -0.2) is 55.0 Å². The highest BCUT2D eigenvalue weighted by molar-refractivity contribution is 5.81. The lowest BCUT2D eigenvalue weighted by Crippen LogP contribution is -2.47. The number of benzene rings is 2. The van der Waals surface area contributed by atoms with Crippen LogP contribution in [0.5, 0.6) is 5.75 Å². The zero-order chi connectivity index (χ0) is 25.0. The second kappa shape index (κ2) is 10.9. The Bertz CT molecular complexity index is 1030. The van der Waals surface area contributed by atoms with E-state index in [1.165, 1.54) is 36.8 Å². The molecule has 5 nitrogen and oxygen atoms in total. The van der Waals surface area contributed by atoms with Crippen molar-refractivity contribution in [1.29, 1.82) is 0 Å². The highest BCUT2D eigenvalue weighted by Crippen LogP contribution is 2.42. The van der Waals surface area contributed by atoms with Gasteiger partial charge in [0.15, 0.2) is 11.7 Å². The van der Waals surface area contributed by atoms with Crippen molar-refractivity contribution in [3.05, 3.63) is 65.2 Å². The van der Waals surface area contributed by atoms with Crippen LogP contribution in [0.25, 0.3) is 0 Å². The third-order valence-corrected chi connectivity index (χ3v) is 8.81. The molecule has 1 unspecified atom stereocenters. The molecule has 5 heteroatoms. The average molecular weight is 493 g/mol. The van der Waals surface area contributed by atoms with Gasteiger partial charge in [-0.1, -0.05) is 49.2 Å². The molecule has 2 aromatic rings. The van der Waals surface area contributed by atoms with Gasteiger partial charge in [-0.05, 0) is 67.3 Å². The predicted molar refractivity (Wildman–Crippen MR) is 141 cm³/mol. The largest absolute Gasteiger partial charge is 0.493 e. The fourth-order valence-corrected chi connectivity index (χ4v) is 6.66. The maximum Gasteiger partial charge on any atom is 0.343 e. The zero-order valence-electron chi connectivity index (χ0n) is 21.8. The summed E-state index contributed by atoms with van der Waals surface area (Å²) in [4.78, 5) is 13.4. The van der Waals surface area contributed by atoms with Crippen LogP contribution in [0.1, 0.15) is 68.1 Å². The number of quaternary nitrogens is 1. The van der Waals surface area contributed by atoms with Gasteiger partial charge < -0.3 is 19.1 Å². The van der Waals surface area contributed by atoms with Crippen LogP contribution in [0, 0.1) is 5.92 Å². The van der Waals surface area contributed by atoms with E-state index in [4.69, 9.17) is 9.47 Å². The summed E-state index contributed by atoms with van der Waals surface area (Å²) < 4.78 is 13.0. The van der Waals surface area contributed by atoms with Crippen molar-refractivity contribution in [2.45, 2.75) is 75.9 Å². The molecular formula is C31H42NO4+. The van der Waals surface area contributed by atoms with Crippen molar-refractivity contribution >= 4 is 5.97 Å². The van der Waals surface area contributed by atoms with Gasteiger partial charge in [0, 0.05) is 18.8 Å². The number of esters is 1. The van der Waals surface area contributed by atoms with Gasteiger partial charge in [0.2, 0.25) is 0 Å². The first-order chi connectivity index (χ1) is 17.5. The minimum absolute atomic E-state index is 0.0737. The Balaban J connectivity index is 1.13. The van der Waals surface area contributed by atoms with Crippen LogP contribution < -0.4 is 4.74 Å². The molecule has 3 aliphatic rings. The van der Waals surface area contributed by atoms with E-state index in [0.29, 0.717) is 12.2 Å². The lowest BCUT2D eigenvalue weighted by atomic mass is 9.80. The molecule has 1 saturated carbocycles. The zero-order valence-corrected chi connectivity index (χ0v) is 21.8. The number of nitrogens with zero attached hydrogens (tertiary/aromatic N) is 1. The van der Waals surface area contributed by atoms with Crippen LogP contribution in [-0.2, 0) is 28.0 Å². The standard InChI is InChI=1S/C31H42NO4/c1-32(19-9-21-35-28-17-16-24-10-5-6-11-25(24)22-28)20-18-29(23-32)36-30(33)31(34,27-14-7-8-15-27)26-12-3-2-4-13-26/h2-4,12-13,16-17,22,27,29,34H,5-11,14-15,18-21,23H2,1H3/q+1/t29?,31-,32+/m0/s1. The summed E-state index contributed by atoms with van der Waals surface area (Å²) in [5, 5.41) is 11.7. The van der Waals surface area contributed by atoms with E-state index in [0.717, 1.165) is 68.4 Å².